The Balaban J connectivity index is 2.22. The minimum absolute atomic E-state index is 0.0590. The first-order chi connectivity index (χ1) is 11.9. The minimum atomic E-state index is -4.05. The van der Waals surface area contributed by atoms with E-state index in [0.29, 0.717) is 22.9 Å². The van der Waals surface area contributed by atoms with Gasteiger partial charge < -0.3 is 10.1 Å². The van der Waals surface area contributed by atoms with Crippen LogP contribution in [0.2, 0.25) is 0 Å². The molecule has 0 saturated heterocycles. The quantitative estimate of drug-likeness (QED) is 0.794. The fraction of sp³-hybridized carbons (Fsp3) is 0.500. The number of ether oxygens (including phenoxy) is 1. The van der Waals surface area contributed by atoms with E-state index in [4.69, 9.17) is 4.74 Å². The van der Waals surface area contributed by atoms with Crippen LogP contribution in [0.3, 0.4) is 0 Å². The molecule has 0 aromatic heterocycles. The Bertz CT molecular complexity index is 687. The van der Waals surface area contributed by atoms with Gasteiger partial charge in [0.05, 0.1) is 11.9 Å². The number of para-hydroxylation sites is 1. The summed E-state index contributed by atoms with van der Waals surface area (Å²) in [5, 5.41) is 1.77. The predicted octanol–water partition coefficient (Wildman–Crippen LogP) is 2.84. The molecule has 8 nitrogen and oxygen atoms in total. The van der Waals surface area contributed by atoms with Gasteiger partial charge in [0.25, 0.3) is 10.0 Å². The standard InChI is InChI=1S/C16H23N3O5S/c1-2-24-16(21)18-19(15(20)17-13-9-5-3-6-10-13)25(22,23)14-11-7-4-8-12-14/h3,5-6,9-10,14H,2,4,7-8,11-12H2,1H3,(H,17,20)(H,18,21). The number of hydrazine groups is 1. The van der Waals surface area contributed by atoms with Gasteiger partial charge in [-0.1, -0.05) is 37.5 Å². The second-order valence-electron chi connectivity index (χ2n) is 5.70. The number of urea groups is 1. The molecule has 1 aliphatic rings. The number of amides is 3. The van der Waals surface area contributed by atoms with Crippen LogP contribution in [0, 0.1) is 0 Å². The molecule has 0 spiro atoms. The van der Waals surface area contributed by atoms with Gasteiger partial charge in [0.1, 0.15) is 0 Å². The van der Waals surface area contributed by atoms with E-state index in [1.54, 1.807) is 37.3 Å². The number of benzene rings is 1. The Kier molecular flexibility index (Phi) is 6.63. The first-order valence-corrected chi connectivity index (χ1v) is 9.79. The van der Waals surface area contributed by atoms with Crippen molar-refractivity contribution in [3.8, 4) is 0 Å². The summed E-state index contributed by atoms with van der Waals surface area (Å²) < 4.78 is 30.8. The molecule has 0 heterocycles. The van der Waals surface area contributed by atoms with E-state index in [2.05, 4.69) is 5.32 Å². The van der Waals surface area contributed by atoms with Crippen molar-refractivity contribution in [3.63, 3.8) is 0 Å². The number of hydrogen-bond acceptors (Lipinski definition) is 5. The fourth-order valence-electron chi connectivity index (χ4n) is 2.68. The smallest absolute Gasteiger partial charge is 0.427 e. The van der Waals surface area contributed by atoms with E-state index in [9.17, 15) is 18.0 Å². The highest BCUT2D eigenvalue weighted by Crippen LogP contribution is 2.26. The maximum atomic E-state index is 12.9. The molecule has 0 atom stereocenters. The Hall–Kier alpha value is -2.29. The predicted molar refractivity (Wildman–Crippen MR) is 93.3 cm³/mol. The van der Waals surface area contributed by atoms with Gasteiger partial charge in [-0.3, -0.25) is 0 Å². The SMILES string of the molecule is CCOC(=O)NN(C(=O)Nc1ccccc1)S(=O)(=O)C1CCCCC1. The molecule has 9 heteroatoms. The number of nitrogens with zero attached hydrogens (tertiary/aromatic N) is 1. The topological polar surface area (TPSA) is 105 Å². The Morgan fingerprint density at radius 2 is 1.80 bits per heavy atom. The summed E-state index contributed by atoms with van der Waals surface area (Å²) in [6.45, 7) is 1.65. The molecule has 0 radical (unpaired) electrons. The molecule has 0 bridgehead atoms. The monoisotopic (exact) mass is 369 g/mol. The molecule has 138 valence electrons. The van der Waals surface area contributed by atoms with Crippen LogP contribution in [-0.4, -0.2) is 36.8 Å². The molecule has 1 aromatic rings. The highest BCUT2D eigenvalue weighted by atomic mass is 32.2. The van der Waals surface area contributed by atoms with Crippen LogP contribution in [0.1, 0.15) is 39.0 Å². The normalized spacial score (nSPS) is 15.2. The lowest BCUT2D eigenvalue weighted by Gasteiger charge is -2.29. The number of hydrogen-bond donors (Lipinski definition) is 2. The van der Waals surface area contributed by atoms with Crippen LogP contribution in [0.15, 0.2) is 30.3 Å². The molecule has 1 aromatic carbocycles. The second-order valence-corrected chi connectivity index (χ2v) is 7.76. The summed E-state index contributed by atoms with van der Waals surface area (Å²) in [6, 6.07) is 7.46. The zero-order valence-corrected chi connectivity index (χ0v) is 14.9. The number of nitrogens with one attached hydrogen (secondary N) is 2. The van der Waals surface area contributed by atoms with Crippen molar-refractivity contribution in [1.82, 2.24) is 9.84 Å². The van der Waals surface area contributed by atoms with E-state index >= 15 is 0 Å². The Morgan fingerprint density at radius 1 is 1.16 bits per heavy atom. The van der Waals surface area contributed by atoms with E-state index in [1.807, 2.05) is 5.43 Å². The van der Waals surface area contributed by atoms with E-state index < -0.39 is 27.4 Å². The van der Waals surface area contributed by atoms with Crippen LogP contribution in [-0.2, 0) is 14.8 Å². The first-order valence-electron chi connectivity index (χ1n) is 8.28. The number of sulfonamides is 1. The lowest BCUT2D eigenvalue weighted by Crippen LogP contribution is -2.54. The fourth-order valence-corrected chi connectivity index (χ4v) is 4.39. The van der Waals surface area contributed by atoms with Gasteiger partial charge >= 0.3 is 12.1 Å². The molecular weight excluding hydrogens is 346 g/mol. The highest BCUT2D eigenvalue weighted by molar-refractivity contribution is 7.90. The van der Waals surface area contributed by atoms with Gasteiger partial charge in [0.2, 0.25) is 0 Å². The van der Waals surface area contributed by atoms with Crippen molar-refractivity contribution in [2.75, 3.05) is 11.9 Å². The Labute approximate surface area is 147 Å². The zero-order valence-electron chi connectivity index (χ0n) is 14.1. The van der Waals surface area contributed by atoms with Crippen LogP contribution >= 0.6 is 0 Å². The van der Waals surface area contributed by atoms with Crippen molar-refractivity contribution in [3.05, 3.63) is 30.3 Å². The minimum Gasteiger partial charge on any atom is -0.449 e. The van der Waals surface area contributed by atoms with E-state index in [0.717, 1.165) is 19.3 Å². The molecule has 1 aliphatic carbocycles. The molecule has 1 fully saturated rings. The molecule has 25 heavy (non-hydrogen) atoms. The van der Waals surface area contributed by atoms with Gasteiger partial charge in [-0.25, -0.2) is 23.4 Å². The number of carbonyl (C=O) groups is 2. The van der Waals surface area contributed by atoms with Crippen LogP contribution < -0.4 is 10.7 Å². The lowest BCUT2D eigenvalue weighted by atomic mass is 10.0. The van der Waals surface area contributed by atoms with Gasteiger partial charge in [0.15, 0.2) is 0 Å². The van der Waals surface area contributed by atoms with Gasteiger partial charge in [-0.05, 0) is 31.9 Å². The number of rotatable bonds is 4. The molecule has 3 amide bonds. The maximum absolute atomic E-state index is 12.9. The number of carbonyl (C=O) groups excluding carboxylic acids is 2. The largest absolute Gasteiger partial charge is 0.449 e. The first kappa shape index (κ1) is 19.0. The average Bonchev–Trinajstić information content (AvgIpc) is 2.61. The van der Waals surface area contributed by atoms with Gasteiger partial charge in [0, 0.05) is 5.69 Å². The summed E-state index contributed by atoms with van der Waals surface area (Å²) in [6.07, 6.45) is 2.44. The van der Waals surface area contributed by atoms with E-state index in [-0.39, 0.29) is 6.61 Å². The summed E-state index contributed by atoms with van der Waals surface area (Å²) in [4.78, 5) is 24.2. The molecule has 2 N–H and O–H groups in total. The van der Waals surface area contributed by atoms with Crippen LogP contribution in [0.5, 0.6) is 0 Å². The third-order valence-corrected chi connectivity index (χ3v) is 5.99. The van der Waals surface area contributed by atoms with Crippen molar-refractivity contribution < 1.29 is 22.7 Å². The van der Waals surface area contributed by atoms with Crippen LogP contribution in [0.4, 0.5) is 15.3 Å². The maximum Gasteiger partial charge on any atom is 0.427 e. The average molecular weight is 369 g/mol. The zero-order chi connectivity index (χ0) is 18.3. The molecule has 1 saturated carbocycles. The van der Waals surface area contributed by atoms with Crippen LogP contribution in [0.25, 0.3) is 0 Å². The molecule has 2 rings (SSSR count). The van der Waals surface area contributed by atoms with Crippen molar-refractivity contribution in [2.45, 2.75) is 44.3 Å². The number of anilines is 1. The van der Waals surface area contributed by atoms with Gasteiger partial charge in [-0.2, -0.15) is 0 Å². The lowest BCUT2D eigenvalue weighted by molar-refractivity contribution is 0.135. The summed E-state index contributed by atoms with van der Waals surface area (Å²) in [5.74, 6) is 0. The van der Waals surface area contributed by atoms with E-state index in [1.165, 1.54) is 0 Å². The van der Waals surface area contributed by atoms with Gasteiger partial charge in [-0.15, -0.1) is 4.41 Å². The molecule has 0 aliphatic heterocycles. The third-order valence-electron chi connectivity index (χ3n) is 3.91. The summed E-state index contributed by atoms with van der Waals surface area (Å²) >= 11 is 0. The van der Waals surface area contributed by atoms with Crippen molar-refractivity contribution in [1.29, 1.82) is 0 Å². The molecule has 0 unspecified atom stereocenters. The highest BCUT2D eigenvalue weighted by Gasteiger charge is 2.37. The third kappa shape index (κ3) is 5.09. The summed E-state index contributed by atoms with van der Waals surface area (Å²) in [5.41, 5.74) is 2.47. The Morgan fingerprint density at radius 3 is 2.40 bits per heavy atom. The summed E-state index contributed by atoms with van der Waals surface area (Å²) in [7, 11) is -4.05. The van der Waals surface area contributed by atoms with Crippen molar-refractivity contribution in [2.24, 2.45) is 0 Å². The second kappa shape index (κ2) is 8.70. The molecular formula is C16H23N3O5S. The van der Waals surface area contributed by atoms with Crippen molar-refractivity contribution >= 4 is 27.8 Å².